The van der Waals surface area contributed by atoms with E-state index in [1.165, 1.54) is 0 Å². The van der Waals surface area contributed by atoms with Crippen molar-refractivity contribution in [2.24, 2.45) is 0 Å². The highest BCUT2D eigenvalue weighted by Crippen LogP contribution is 1.97. The maximum absolute atomic E-state index is 3.62. The second-order valence-electron chi connectivity index (χ2n) is 1.81. The molecule has 9 heavy (non-hydrogen) atoms. The van der Waals surface area contributed by atoms with Crippen LogP contribution in [0.5, 0.6) is 0 Å². The molecule has 0 fully saturated rings. The maximum Gasteiger partial charge on any atom is 0.0347 e. The molecule has 0 aromatic rings. The van der Waals surface area contributed by atoms with Crippen LogP contribution in [0.15, 0.2) is 37.0 Å². The van der Waals surface area contributed by atoms with Crippen LogP contribution in [0.3, 0.4) is 0 Å². The molecule has 0 saturated carbocycles. The van der Waals surface area contributed by atoms with Crippen molar-refractivity contribution in [2.75, 3.05) is 0 Å². The SMILES string of the molecule is C=CCC1=CNC=CN1. The van der Waals surface area contributed by atoms with Gasteiger partial charge in [-0.15, -0.1) is 6.58 Å². The smallest absolute Gasteiger partial charge is 0.0347 e. The van der Waals surface area contributed by atoms with Gasteiger partial charge in [-0.1, -0.05) is 6.08 Å². The first-order chi connectivity index (χ1) is 4.43. The molecule has 2 heteroatoms. The van der Waals surface area contributed by atoms with Gasteiger partial charge in [-0.25, -0.2) is 0 Å². The standard InChI is InChI=1S/C7H10N2/c1-2-3-7-6-8-4-5-9-7/h2,4-6,8-9H,1,3H2. The van der Waals surface area contributed by atoms with Gasteiger partial charge in [0, 0.05) is 30.7 Å². The van der Waals surface area contributed by atoms with Crippen LogP contribution in [0.25, 0.3) is 0 Å². The van der Waals surface area contributed by atoms with E-state index in [0.717, 1.165) is 12.1 Å². The van der Waals surface area contributed by atoms with E-state index in [4.69, 9.17) is 0 Å². The van der Waals surface area contributed by atoms with Gasteiger partial charge in [0.2, 0.25) is 0 Å². The van der Waals surface area contributed by atoms with Crippen molar-refractivity contribution in [1.82, 2.24) is 10.6 Å². The van der Waals surface area contributed by atoms with Crippen LogP contribution in [0.4, 0.5) is 0 Å². The summed E-state index contributed by atoms with van der Waals surface area (Å²) in [5.74, 6) is 0. The first-order valence-corrected chi connectivity index (χ1v) is 2.91. The predicted molar refractivity (Wildman–Crippen MR) is 38.3 cm³/mol. The second-order valence-corrected chi connectivity index (χ2v) is 1.81. The molecule has 0 atom stereocenters. The first-order valence-electron chi connectivity index (χ1n) is 2.91. The van der Waals surface area contributed by atoms with Gasteiger partial charge in [0.05, 0.1) is 0 Å². The van der Waals surface area contributed by atoms with Crippen molar-refractivity contribution in [3.63, 3.8) is 0 Å². The van der Waals surface area contributed by atoms with Gasteiger partial charge in [-0.2, -0.15) is 0 Å². The zero-order valence-electron chi connectivity index (χ0n) is 5.22. The molecule has 1 aliphatic rings. The molecule has 1 rings (SSSR count). The summed E-state index contributed by atoms with van der Waals surface area (Å²) < 4.78 is 0. The fourth-order valence-corrected chi connectivity index (χ4v) is 0.661. The van der Waals surface area contributed by atoms with Gasteiger partial charge >= 0.3 is 0 Å². The molecule has 1 aliphatic heterocycles. The third-order valence-electron chi connectivity index (χ3n) is 1.07. The summed E-state index contributed by atoms with van der Waals surface area (Å²) in [6.45, 7) is 3.62. The Balaban J connectivity index is 2.40. The van der Waals surface area contributed by atoms with Crippen LogP contribution in [-0.4, -0.2) is 0 Å². The lowest BCUT2D eigenvalue weighted by Crippen LogP contribution is -2.13. The molecule has 0 aromatic carbocycles. The molecule has 0 aromatic heterocycles. The highest BCUT2D eigenvalue weighted by Gasteiger charge is 1.91. The summed E-state index contributed by atoms with van der Waals surface area (Å²) in [5, 5.41) is 6.03. The Labute approximate surface area is 55.0 Å². The summed E-state index contributed by atoms with van der Waals surface area (Å²) in [7, 11) is 0. The Kier molecular flexibility index (Phi) is 1.96. The van der Waals surface area contributed by atoms with Gasteiger partial charge < -0.3 is 10.6 Å². The number of hydrogen-bond donors (Lipinski definition) is 2. The van der Waals surface area contributed by atoms with Crippen LogP contribution in [0, 0.1) is 0 Å². The van der Waals surface area contributed by atoms with E-state index >= 15 is 0 Å². The van der Waals surface area contributed by atoms with E-state index in [1.807, 2.05) is 24.7 Å². The van der Waals surface area contributed by atoms with Crippen molar-refractivity contribution in [3.8, 4) is 0 Å². The minimum absolute atomic E-state index is 0.886. The fourth-order valence-electron chi connectivity index (χ4n) is 0.661. The normalized spacial score (nSPS) is 15.3. The molecule has 0 bridgehead atoms. The minimum Gasteiger partial charge on any atom is -0.365 e. The maximum atomic E-state index is 3.62. The molecule has 48 valence electrons. The summed E-state index contributed by atoms with van der Waals surface area (Å²) >= 11 is 0. The molecule has 1 heterocycles. The average molecular weight is 122 g/mol. The van der Waals surface area contributed by atoms with Crippen LogP contribution in [0.1, 0.15) is 6.42 Å². The van der Waals surface area contributed by atoms with Gasteiger partial charge in [-0.3, -0.25) is 0 Å². The van der Waals surface area contributed by atoms with Gasteiger partial charge in [0.1, 0.15) is 0 Å². The number of hydrogen-bond acceptors (Lipinski definition) is 2. The quantitative estimate of drug-likeness (QED) is 0.535. The van der Waals surface area contributed by atoms with Crippen LogP contribution < -0.4 is 10.6 Å². The van der Waals surface area contributed by atoms with E-state index in [-0.39, 0.29) is 0 Å². The van der Waals surface area contributed by atoms with Crippen LogP contribution >= 0.6 is 0 Å². The van der Waals surface area contributed by atoms with E-state index in [2.05, 4.69) is 17.2 Å². The average Bonchev–Trinajstić information content (AvgIpc) is 1.91. The topological polar surface area (TPSA) is 24.1 Å². The molecule has 0 saturated heterocycles. The number of rotatable bonds is 2. The van der Waals surface area contributed by atoms with Crippen molar-refractivity contribution < 1.29 is 0 Å². The largest absolute Gasteiger partial charge is 0.365 e. The van der Waals surface area contributed by atoms with Crippen molar-refractivity contribution in [1.29, 1.82) is 0 Å². The molecule has 2 N–H and O–H groups in total. The number of allylic oxidation sites excluding steroid dienone is 1. The van der Waals surface area contributed by atoms with Gasteiger partial charge in [0.15, 0.2) is 0 Å². The van der Waals surface area contributed by atoms with Gasteiger partial charge in [-0.05, 0) is 0 Å². The summed E-state index contributed by atoms with van der Waals surface area (Å²) in [5.41, 5.74) is 1.15. The third-order valence-corrected chi connectivity index (χ3v) is 1.07. The summed E-state index contributed by atoms with van der Waals surface area (Å²) in [4.78, 5) is 0. The van der Waals surface area contributed by atoms with Crippen LogP contribution in [-0.2, 0) is 0 Å². The molecule has 0 aliphatic carbocycles. The Bertz CT molecular complexity index is 152. The Morgan fingerprint density at radius 2 is 2.44 bits per heavy atom. The molecule has 0 unspecified atom stereocenters. The predicted octanol–water partition coefficient (Wildman–Crippen LogP) is 1.07. The Morgan fingerprint density at radius 3 is 3.00 bits per heavy atom. The highest BCUT2D eigenvalue weighted by molar-refractivity contribution is 5.11. The zero-order chi connectivity index (χ0) is 6.53. The summed E-state index contributed by atoms with van der Waals surface area (Å²) in [6, 6.07) is 0. The van der Waals surface area contributed by atoms with Crippen molar-refractivity contribution >= 4 is 0 Å². The molecule has 0 radical (unpaired) electrons. The molecular formula is C7H10N2. The third kappa shape index (κ3) is 1.64. The molecule has 0 amide bonds. The molecule has 2 nitrogen and oxygen atoms in total. The van der Waals surface area contributed by atoms with E-state index in [0.29, 0.717) is 0 Å². The second kappa shape index (κ2) is 2.97. The monoisotopic (exact) mass is 122 g/mol. The summed E-state index contributed by atoms with van der Waals surface area (Å²) in [6.07, 6.45) is 8.37. The Morgan fingerprint density at radius 1 is 1.56 bits per heavy atom. The van der Waals surface area contributed by atoms with E-state index in [1.54, 1.807) is 0 Å². The van der Waals surface area contributed by atoms with Crippen molar-refractivity contribution in [2.45, 2.75) is 6.42 Å². The lowest BCUT2D eigenvalue weighted by Gasteiger charge is -2.08. The van der Waals surface area contributed by atoms with E-state index < -0.39 is 0 Å². The highest BCUT2D eigenvalue weighted by atomic mass is 15.0. The van der Waals surface area contributed by atoms with E-state index in [9.17, 15) is 0 Å². The zero-order valence-corrected chi connectivity index (χ0v) is 5.22. The van der Waals surface area contributed by atoms with Crippen molar-refractivity contribution in [3.05, 3.63) is 37.0 Å². The molecule has 0 spiro atoms. The fraction of sp³-hybridized carbons (Fsp3) is 0.143. The molecular weight excluding hydrogens is 112 g/mol. The van der Waals surface area contributed by atoms with Gasteiger partial charge in [0.25, 0.3) is 0 Å². The number of nitrogens with one attached hydrogen (secondary N) is 2. The Hall–Kier alpha value is -1.18. The van der Waals surface area contributed by atoms with Crippen LogP contribution in [0.2, 0.25) is 0 Å². The lowest BCUT2D eigenvalue weighted by molar-refractivity contribution is 0.914. The first kappa shape index (κ1) is 5.95. The minimum atomic E-state index is 0.886. The lowest BCUT2D eigenvalue weighted by atomic mass is 10.3.